The highest BCUT2D eigenvalue weighted by Gasteiger charge is 2.25. The molecule has 1 aromatic rings. The van der Waals surface area contributed by atoms with Gasteiger partial charge < -0.3 is 10.4 Å². The van der Waals surface area contributed by atoms with Gasteiger partial charge >= 0.3 is 0 Å². The fourth-order valence-corrected chi connectivity index (χ4v) is 1.91. The molecule has 0 saturated heterocycles. The third kappa shape index (κ3) is 3.58. The van der Waals surface area contributed by atoms with Gasteiger partial charge in [0.05, 0.1) is 12.3 Å². The maximum atomic E-state index is 9.49. The van der Waals surface area contributed by atoms with Gasteiger partial charge in [0.15, 0.2) is 5.15 Å². The molecule has 0 atom stereocenters. The van der Waals surface area contributed by atoms with Crippen LogP contribution in [0.2, 0.25) is 5.15 Å². The molecule has 0 fully saturated rings. The summed E-state index contributed by atoms with van der Waals surface area (Å²) in [5.74, 6) is 0. The van der Waals surface area contributed by atoms with Crippen molar-refractivity contribution in [3.8, 4) is 0 Å². The van der Waals surface area contributed by atoms with E-state index in [2.05, 4.69) is 24.1 Å². The molecule has 0 aromatic carbocycles. The fourth-order valence-electron chi connectivity index (χ4n) is 1.74. The summed E-state index contributed by atoms with van der Waals surface area (Å²) in [6.07, 6.45) is 3.61. The second-order valence-corrected chi connectivity index (χ2v) is 4.93. The summed E-state index contributed by atoms with van der Waals surface area (Å²) >= 11 is 6.02. The second-order valence-electron chi connectivity index (χ2n) is 4.57. The van der Waals surface area contributed by atoms with Crippen molar-refractivity contribution < 1.29 is 5.11 Å². The van der Waals surface area contributed by atoms with Crippen molar-refractivity contribution in [1.29, 1.82) is 0 Å². The van der Waals surface area contributed by atoms with E-state index in [0.29, 0.717) is 11.7 Å². The molecule has 3 nitrogen and oxygen atoms in total. The molecule has 17 heavy (non-hydrogen) atoms. The molecular formula is C13H21ClN2O. The molecule has 96 valence electrons. The van der Waals surface area contributed by atoms with E-state index in [1.807, 2.05) is 13.0 Å². The number of nitrogens with one attached hydrogen (secondary N) is 1. The lowest BCUT2D eigenvalue weighted by Gasteiger charge is -2.30. The van der Waals surface area contributed by atoms with Crippen molar-refractivity contribution in [3.63, 3.8) is 0 Å². The van der Waals surface area contributed by atoms with E-state index in [0.717, 1.165) is 24.1 Å². The van der Waals surface area contributed by atoms with E-state index in [-0.39, 0.29) is 12.0 Å². The van der Waals surface area contributed by atoms with Crippen molar-refractivity contribution in [1.82, 2.24) is 4.98 Å². The molecule has 4 heteroatoms. The van der Waals surface area contributed by atoms with Crippen LogP contribution in [0.1, 0.15) is 32.3 Å². The molecule has 0 amide bonds. The molecule has 0 aliphatic carbocycles. The summed E-state index contributed by atoms with van der Waals surface area (Å²) in [6.45, 7) is 7.06. The van der Waals surface area contributed by atoms with E-state index in [4.69, 9.17) is 11.6 Å². The lowest BCUT2D eigenvalue weighted by molar-refractivity contribution is 0.127. The minimum Gasteiger partial charge on any atom is -0.396 e. The van der Waals surface area contributed by atoms with Gasteiger partial charge in [-0.3, -0.25) is 0 Å². The topological polar surface area (TPSA) is 45.1 Å². The number of aliphatic hydroxyl groups is 1. The number of halogens is 1. The van der Waals surface area contributed by atoms with Crippen molar-refractivity contribution in [2.75, 3.05) is 18.5 Å². The summed E-state index contributed by atoms with van der Waals surface area (Å²) in [5.41, 5.74) is 1.83. The number of anilines is 1. The highest BCUT2D eigenvalue weighted by atomic mass is 35.5. The molecule has 1 rings (SSSR count). The zero-order valence-electron chi connectivity index (χ0n) is 10.8. The molecule has 1 heterocycles. The van der Waals surface area contributed by atoms with Gasteiger partial charge in [0.25, 0.3) is 0 Å². The van der Waals surface area contributed by atoms with Crippen LogP contribution >= 0.6 is 11.6 Å². The van der Waals surface area contributed by atoms with Crippen molar-refractivity contribution in [3.05, 3.63) is 23.0 Å². The van der Waals surface area contributed by atoms with Gasteiger partial charge in [0.2, 0.25) is 0 Å². The monoisotopic (exact) mass is 256 g/mol. The lowest BCUT2D eigenvalue weighted by Crippen LogP contribution is -2.32. The highest BCUT2D eigenvalue weighted by Crippen LogP contribution is 2.28. The van der Waals surface area contributed by atoms with Gasteiger partial charge in [-0.2, -0.15) is 0 Å². The predicted octanol–water partition coefficient (Wildman–Crippen LogP) is 3.25. The summed E-state index contributed by atoms with van der Waals surface area (Å²) in [6, 6.07) is 1.97. The van der Waals surface area contributed by atoms with Crippen LogP contribution in [0.15, 0.2) is 12.3 Å². The van der Waals surface area contributed by atoms with Crippen LogP contribution in [-0.4, -0.2) is 23.2 Å². The van der Waals surface area contributed by atoms with E-state index >= 15 is 0 Å². The number of aryl methyl sites for hydroxylation is 1. The first kappa shape index (κ1) is 14.3. The largest absolute Gasteiger partial charge is 0.396 e. The number of pyridine rings is 1. The summed E-state index contributed by atoms with van der Waals surface area (Å²) < 4.78 is 0. The minimum atomic E-state index is -0.0763. The summed E-state index contributed by atoms with van der Waals surface area (Å²) in [7, 11) is 0. The van der Waals surface area contributed by atoms with Crippen LogP contribution in [0.5, 0.6) is 0 Å². The predicted molar refractivity (Wildman–Crippen MR) is 72.6 cm³/mol. The molecule has 0 radical (unpaired) electrons. The van der Waals surface area contributed by atoms with E-state index in [1.165, 1.54) is 0 Å². The van der Waals surface area contributed by atoms with Gasteiger partial charge in [0, 0.05) is 18.2 Å². The van der Waals surface area contributed by atoms with E-state index in [9.17, 15) is 5.11 Å². The Morgan fingerprint density at radius 2 is 2.06 bits per heavy atom. The normalized spacial score (nSPS) is 11.6. The number of hydrogen-bond donors (Lipinski definition) is 2. The first-order valence-electron chi connectivity index (χ1n) is 6.04. The zero-order valence-corrected chi connectivity index (χ0v) is 11.5. The molecule has 2 N–H and O–H groups in total. The van der Waals surface area contributed by atoms with Crippen LogP contribution < -0.4 is 5.32 Å². The standard InChI is InChI=1S/C13H21ClN2O/c1-4-13(5-2,9-17)8-16-11-6-10(3)7-15-12(11)14/h6-7,16-17H,4-5,8-9H2,1-3H3. The summed E-state index contributed by atoms with van der Waals surface area (Å²) in [4.78, 5) is 4.10. The Kier molecular flexibility index (Phi) is 5.22. The van der Waals surface area contributed by atoms with Crippen molar-refractivity contribution in [2.24, 2.45) is 5.41 Å². The lowest BCUT2D eigenvalue weighted by atomic mass is 9.83. The number of nitrogens with zero attached hydrogens (tertiary/aromatic N) is 1. The first-order chi connectivity index (χ1) is 8.06. The maximum Gasteiger partial charge on any atom is 0.152 e. The Labute approximate surface area is 108 Å². The van der Waals surface area contributed by atoms with Crippen LogP contribution in [-0.2, 0) is 0 Å². The maximum absolute atomic E-state index is 9.49. The molecule has 0 aliphatic heterocycles. The Hall–Kier alpha value is -0.800. The molecule has 0 unspecified atom stereocenters. The van der Waals surface area contributed by atoms with Crippen LogP contribution in [0.4, 0.5) is 5.69 Å². The molecule has 0 saturated carbocycles. The van der Waals surface area contributed by atoms with Crippen LogP contribution in [0.3, 0.4) is 0 Å². The molecular weight excluding hydrogens is 236 g/mol. The molecule has 0 bridgehead atoms. The van der Waals surface area contributed by atoms with Gasteiger partial charge in [0.1, 0.15) is 0 Å². The second kappa shape index (κ2) is 6.22. The average Bonchev–Trinajstić information content (AvgIpc) is 2.35. The van der Waals surface area contributed by atoms with E-state index in [1.54, 1.807) is 6.20 Å². The van der Waals surface area contributed by atoms with Crippen molar-refractivity contribution >= 4 is 17.3 Å². The third-order valence-electron chi connectivity index (χ3n) is 3.47. The van der Waals surface area contributed by atoms with Gasteiger partial charge in [-0.05, 0) is 31.4 Å². The molecule has 1 aromatic heterocycles. The Balaban J connectivity index is 2.75. The van der Waals surface area contributed by atoms with Crippen LogP contribution in [0.25, 0.3) is 0 Å². The summed E-state index contributed by atoms with van der Waals surface area (Å²) in [5, 5.41) is 13.3. The zero-order chi connectivity index (χ0) is 12.9. The number of aliphatic hydroxyl groups excluding tert-OH is 1. The first-order valence-corrected chi connectivity index (χ1v) is 6.41. The third-order valence-corrected chi connectivity index (χ3v) is 3.77. The fraction of sp³-hybridized carbons (Fsp3) is 0.615. The SMILES string of the molecule is CCC(CC)(CO)CNc1cc(C)cnc1Cl. The minimum absolute atomic E-state index is 0.0763. The van der Waals surface area contributed by atoms with Gasteiger partial charge in [-0.15, -0.1) is 0 Å². The quantitative estimate of drug-likeness (QED) is 0.768. The Morgan fingerprint density at radius 1 is 1.41 bits per heavy atom. The van der Waals surface area contributed by atoms with Gasteiger partial charge in [-0.25, -0.2) is 4.98 Å². The van der Waals surface area contributed by atoms with Crippen molar-refractivity contribution in [2.45, 2.75) is 33.6 Å². The smallest absolute Gasteiger partial charge is 0.152 e. The number of hydrogen-bond acceptors (Lipinski definition) is 3. The number of aromatic nitrogens is 1. The molecule has 0 spiro atoms. The van der Waals surface area contributed by atoms with Gasteiger partial charge in [-0.1, -0.05) is 25.4 Å². The van der Waals surface area contributed by atoms with Crippen LogP contribution in [0, 0.1) is 12.3 Å². The Bertz CT molecular complexity index is 356. The highest BCUT2D eigenvalue weighted by molar-refractivity contribution is 6.31. The van der Waals surface area contributed by atoms with E-state index < -0.39 is 0 Å². The Morgan fingerprint density at radius 3 is 2.59 bits per heavy atom. The number of rotatable bonds is 6. The molecule has 0 aliphatic rings. The average molecular weight is 257 g/mol.